The fraction of sp³-hybridized carbons (Fsp3) is 0.273. The van der Waals surface area contributed by atoms with E-state index in [-0.39, 0.29) is 23.3 Å². The molecule has 9 nitrogen and oxygen atoms in total. The number of carbonyl (C=O) groups excluding carboxylic acids is 1. The molecule has 0 aliphatic carbocycles. The highest BCUT2D eigenvalue weighted by atomic mass is 16.5. The van der Waals surface area contributed by atoms with Gasteiger partial charge in [-0.1, -0.05) is 12.1 Å². The Morgan fingerprint density at radius 1 is 1.29 bits per heavy atom. The summed E-state index contributed by atoms with van der Waals surface area (Å²) < 4.78 is 14.3. The van der Waals surface area contributed by atoms with Crippen LogP contribution in [0.3, 0.4) is 0 Å². The number of para-hydroxylation sites is 1. The van der Waals surface area contributed by atoms with Gasteiger partial charge in [0.25, 0.3) is 11.5 Å². The molecular weight excluding hydrogens is 398 g/mol. The number of amides is 1. The van der Waals surface area contributed by atoms with Gasteiger partial charge in [0, 0.05) is 30.4 Å². The Bertz CT molecular complexity index is 1290. The molecule has 0 spiro atoms. The van der Waals surface area contributed by atoms with Gasteiger partial charge in [-0.3, -0.25) is 14.2 Å². The van der Waals surface area contributed by atoms with Gasteiger partial charge in [0.05, 0.1) is 19.7 Å². The zero-order valence-corrected chi connectivity index (χ0v) is 17.0. The summed E-state index contributed by atoms with van der Waals surface area (Å²) in [6.45, 7) is 0.921. The Morgan fingerprint density at radius 3 is 3.00 bits per heavy atom. The number of hydrogen-bond acceptors (Lipinski definition) is 6. The fourth-order valence-electron chi connectivity index (χ4n) is 4.04. The topological polar surface area (TPSA) is 95.4 Å². The van der Waals surface area contributed by atoms with E-state index < -0.39 is 0 Å². The summed E-state index contributed by atoms with van der Waals surface area (Å²) in [6, 6.07) is 10.3. The number of nitrogens with zero attached hydrogens (tertiary/aromatic N) is 5. The van der Waals surface area contributed by atoms with Crippen LogP contribution in [0.2, 0.25) is 0 Å². The standard InChI is InChI=1S/C22H21N5O4/c1-30-17-6-2-4-15-12-18(31-21(15)17)22(29)26-10-3-5-16(26)13-27-20(28)8-7-19(24-27)25-11-9-23-14-25/h2,4,6-9,11-12,14,16H,3,5,10,13H2,1H3. The van der Waals surface area contributed by atoms with Crippen LogP contribution in [0.5, 0.6) is 5.75 Å². The van der Waals surface area contributed by atoms with Crippen molar-refractivity contribution in [1.29, 1.82) is 0 Å². The summed E-state index contributed by atoms with van der Waals surface area (Å²) in [6.07, 6.45) is 6.68. The Labute approximate surface area is 177 Å². The van der Waals surface area contributed by atoms with E-state index in [1.54, 1.807) is 53.5 Å². The maximum atomic E-state index is 13.2. The van der Waals surface area contributed by atoms with Crippen LogP contribution in [0.1, 0.15) is 23.4 Å². The molecule has 1 atom stereocenters. The normalized spacial score (nSPS) is 16.2. The van der Waals surface area contributed by atoms with Crippen LogP contribution in [0.25, 0.3) is 16.8 Å². The molecule has 0 N–H and O–H groups in total. The predicted molar refractivity (Wildman–Crippen MR) is 112 cm³/mol. The first-order valence-corrected chi connectivity index (χ1v) is 10.1. The first-order chi connectivity index (χ1) is 15.1. The highest BCUT2D eigenvalue weighted by molar-refractivity contribution is 5.97. The quantitative estimate of drug-likeness (QED) is 0.493. The molecule has 0 bridgehead atoms. The van der Waals surface area contributed by atoms with Crippen molar-refractivity contribution in [2.45, 2.75) is 25.4 Å². The molecule has 3 aromatic heterocycles. The van der Waals surface area contributed by atoms with Crippen molar-refractivity contribution in [3.63, 3.8) is 0 Å². The van der Waals surface area contributed by atoms with Gasteiger partial charge in [0.1, 0.15) is 6.33 Å². The van der Waals surface area contributed by atoms with Crippen LogP contribution < -0.4 is 10.3 Å². The average Bonchev–Trinajstić information content (AvgIpc) is 3.54. The second-order valence-corrected chi connectivity index (χ2v) is 7.47. The molecule has 4 heterocycles. The van der Waals surface area contributed by atoms with Crippen molar-refractivity contribution < 1.29 is 13.9 Å². The lowest BCUT2D eigenvalue weighted by Crippen LogP contribution is -2.40. The molecule has 0 saturated carbocycles. The van der Waals surface area contributed by atoms with Crippen molar-refractivity contribution in [1.82, 2.24) is 24.2 Å². The molecule has 1 amide bonds. The van der Waals surface area contributed by atoms with Gasteiger partial charge in [-0.2, -0.15) is 5.10 Å². The molecule has 1 aromatic carbocycles. The monoisotopic (exact) mass is 419 g/mol. The number of likely N-dealkylation sites (tertiary alicyclic amines) is 1. The van der Waals surface area contributed by atoms with E-state index in [0.29, 0.717) is 30.2 Å². The largest absolute Gasteiger partial charge is 0.493 e. The van der Waals surface area contributed by atoms with Crippen molar-refractivity contribution >= 4 is 16.9 Å². The van der Waals surface area contributed by atoms with Gasteiger partial charge >= 0.3 is 0 Å². The molecule has 1 aliphatic heterocycles. The van der Waals surface area contributed by atoms with Gasteiger partial charge in [-0.25, -0.2) is 9.67 Å². The lowest BCUT2D eigenvalue weighted by Gasteiger charge is -2.24. The molecule has 1 saturated heterocycles. The number of methoxy groups -OCH3 is 1. The maximum Gasteiger partial charge on any atom is 0.289 e. The summed E-state index contributed by atoms with van der Waals surface area (Å²) in [5.41, 5.74) is 0.339. The molecule has 158 valence electrons. The van der Waals surface area contributed by atoms with E-state index in [0.717, 1.165) is 18.2 Å². The third kappa shape index (κ3) is 3.48. The molecule has 1 aliphatic rings. The highest BCUT2D eigenvalue weighted by Gasteiger charge is 2.32. The number of carbonyl (C=O) groups is 1. The summed E-state index contributed by atoms with van der Waals surface area (Å²) in [7, 11) is 1.57. The zero-order valence-electron chi connectivity index (χ0n) is 17.0. The number of fused-ring (bicyclic) bond motifs is 1. The van der Waals surface area contributed by atoms with Crippen LogP contribution in [-0.2, 0) is 6.54 Å². The van der Waals surface area contributed by atoms with E-state index in [4.69, 9.17) is 9.15 Å². The zero-order chi connectivity index (χ0) is 21.4. The number of ether oxygens (including phenoxy) is 1. The van der Waals surface area contributed by atoms with Crippen molar-refractivity contribution in [2.24, 2.45) is 0 Å². The first-order valence-electron chi connectivity index (χ1n) is 10.1. The summed E-state index contributed by atoms with van der Waals surface area (Å²) in [5, 5.41) is 5.26. The number of hydrogen-bond donors (Lipinski definition) is 0. The number of benzene rings is 1. The first kappa shape index (κ1) is 19.1. The lowest BCUT2D eigenvalue weighted by molar-refractivity contribution is 0.0690. The third-order valence-electron chi connectivity index (χ3n) is 5.58. The van der Waals surface area contributed by atoms with Crippen LogP contribution in [-0.4, -0.2) is 49.8 Å². The Balaban J connectivity index is 1.41. The van der Waals surface area contributed by atoms with E-state index in [9.17, 15) is 9.59 Å². The molecule has 0 radical (unpaired) electrons. The van der Waals surface area contributed by atoms with Crippen molar-refractivity contribution in [3.8, 4) is 11.6 Å². The van der Waals surface area contributed by atoms with Crippen LogP contribution in [0.4, 0.5) is 0 Å². The van der Waals surface area contributed by atoms with E-state index in [2.05, 4.69) is 10.1 Å². The molecule has 9 heteroatoms. The smallest absolute Gasteiger partial charge is 0.289 e. The van der Waals surface area contributed by atoms with Crippen LogP contribution >= 0.6 is 0 Å². The number of furan rings is 1. The number of rotatable bonds is 5. The van der Waals surface area contributed by atoms with Gasteiger partial charge in [-0.05, 0) is 31.0 Å². The number of aromatic nitrogens is 4. The van der Waals surface area contributed by atoms with Gasteiger partial charge in [-0.15, -0.1) is 0 Å². The Kier molecular flexibility index (Phi) is 4.78. The minimum absolute atomic E-state index is 0.147. The minimum atomic E-state index is -0.211. The minimum Gasteiger partial charge on any atom is -0.493 e. The molecule has 4 aromatic rings. The summed E-state index contributed by atoms with van der Waals surface area (Å²) >= 11 is 0. The molecule has 31 heavy (non-hydrogen) atoms. The van der Waals surface area contributed by atoms with Crippen molar-refractivity contribution in [2.75, 3.05) is 13.7 Å². The average molecular weight is 419 g/mol. The maximum absolute atomic E-state index is 13.2. The molecular formula is C22H21N5O4. The Morgan fingerprint density at radius 2 is 2.19 bits per heavy atom. The molecule has 5 rings (SSSR count). The SMILES string of the molecule is COc1cccc2cc(C(=O)N3CCCC3Cn3nc(-n4ccnc4)ccc3=O)oc12. The van der Waals surface area contributed by atoms with Gasteiger partial charge < -0.3 is 14.1 Å². The third-order valence-corrected chi connectivity index (χ3v) is 5.58. The summed E-state index contributed by atoms with van der Waals surface area (Å²) in [4.78, 5) is 31.4. The van der Waals surface area contributed by atoms with Crippen molar-refractivity contribution in [3.05, 3.63) is 71.2 Å². The van der Waals surface area contributed by atoms with Crippen LogP contribution in [0.15, 0.2) is 64.3 Å². The summed E-state index contributed by atoms with van der Waals surface area (Å²) in [5.74, 6) is 1.25. The number of imidazole rings is 1. The second kappa shape index (κ2) is 7.75. The van der Waals surface area contributed by atoms with E-state index in [1.807, 2.05) is 12.1 Å². The molecule has 1 fully saturated rings. The molecule has 1 unspecified atom stereocenters. The second-order valence-electron chi connectivity index (χ2n) is 7.47. The fourth-order valence-corrected chi connectivity index (χ4v) is 4.04. The lowest BCUT2D eigenvalue weighted by atomic mass is 10.2. The van der Waals surface area contributed by atoms with E-state index in [1.165, 1.54) is 10.7 Å². The van der Waals surface area contributed by atoms with Gasteiger partial charge in [0.2, 0.25) is 0 Å². The van der Waals surface area contributed by atoms with Gasteiger partial charge in [0.15, 0.2) is 22.9 Å². The Hall–Kier alpha value is -3.88. The van der Waals surface area contributed by atoms with Crippen LogP contribution in [0, 0.1) is 0 Å². The van der Waals surface area contributed by atoms with E-state index >= 15 is 0 Å². The predicted octanol–water partition coefficient (Wildman–Crippen LogP) is 2.49. The highest BCUT2D eigenvalue weighted by Crippen LogP contribution is 2.30.